The van der Waals surface area contributed by atoms with Gasteiger partial charge in [0, 0.05) is 5.56 Å². The van der Waals surface area contributed by atoms with Crippen molar-refractivity contribution in [2.45, 2.75) is 43.9 Å². The molecule has 2 aromatic carbocycles. The second-order valence-corrected chi connectivity index (χ2v) is 10.2. The maximum absolute atomic E-state index is 14.1. The molecule has 1 aliphatic heterocycles. The summed E-state index contributed by atoms with van der Waals surface area (Å²) in [7, 11) is 0. The van der Waals surface area contributed by atoms with Gasteiger partial charge in [-0.05, 0) is 91.5 Å². The second-order valence-electron chi connectivity index (χ2n) is 10.2. The van der Waals surface area contributed by atoms with Gasteiger partial charge in [0.25, 0.3) is 11.8 Å². The Morgan fingerprint density at radius 2 is 1.48 bits per heavy atom. The average Bonchev–Trinajstić information content (AvgIpc) is 2.77. The van der Waals surface area contributed by atoms with Crippen molar-refractivity contribution in [3.05, 3.63) is 71.0 Å². The van der Waals surface area contributed by atoms with Gasteiger partial charge >= 0.3 is 6.03 Å². The molecule has 7 rings (SSSR count). The molecule has 0 aromatic heterocycles. The van der Waals surface area contributed by atoms with Crippen LogP contribution >= 0.6 is 0 Å². The SMILES string of the molecule is O=C1NC(=O)N(c2ccc(C34CC5CC(CC(C5)C3)C4)cc2)C(=O)/C1=C/c1ccccc1F. The predicted octanol–water partition coefficient (Wildman–Crippen LogP) is 4.96. The van der Waals surface area contributed by atoms with Gasteiger partial charge in [-0.3, -0.25) is 14.9 Å². The van der Waals surface area contributed by atoms with Gasteiger partial charge in [-0.15, -0.1) is 0 Å². The number of imide groups is 2. The lowest BCUT2D eigenvalue weighted by Crippen LogP contribution is -2.54. The minimum Gasteiger partial charge on any atom is -0.273 e. The summed E-state index contributed by atoms with van der Waals surface area (Å²) in [5.41, 5.74) is 1.74. The number of anilines is 1. The van der Waals surface area contributed by atoms with Crippen molar-refractivity contribution in [3.8, 4) is 0 Å². The predicted molar refractivity (Wildman–Crippen MR) is 122 cm³/mol. The first-order valence-corrected chi connectivity index (χ1v) is 11.7. The maximum atomic E-state index is 14.1. The number of rotatable bonds is 3. The van der Waals surface area contributed by atoms with E-state index in [4.69, 9.17) is 0 Å². The summed E-state index contributed by atoms with van der Waals surface area (Å²) in [6, 6.07) is 12.8. The van der Waals surface area contributed by atoms with Crippen LogP contribution in [0, 0.1) is 23.6 Å². The molecule has 4 aliphatic carbocycles. The first-order chi connectivity index (χ1) is 15.9. The fraction of sp³-hybridized carbons (Fsp3) is 0.370. The molecule has 1 heterocycles. The molecular weight excluding hydrogens is 419 g/mol. The Labute approximate surface area is 191 Å². The van der Waals surface area contributed by atoms with Crippen LogP contribution in [0.4, 0.5) is 14.9 Å². The minimum absolute atomic E-state index is 0.113. The number of hydrogen-bond donors (Lipinski definition) is 1. The van der Waals surface area contributed by atoms with E-state index in [2.05, 4.69) is 5.32 Å². The Kier molecular flexibility index (Phi) is 4.54. The van der Waals surface area contributed by atoms with Crippen molar-refractivity contribution < 1.29 is 18.8 Å². The normalized spacial score (nSPS) is 31.9. The van der Waals surface area contributed by atoms with Gasteiger partial charge in [-0.2, -0.15) is 0 Å². The number of hydrogen-bond acceptors (Lipinski definition) is 3. The molecule has 5 aliphatic rings. The summed E-state index contributed by atoms with van der Waals surface area (Å²) in [6.45, 7) is 0. The van der Waals surface area contributed by atoms with E-state index in [-0.39, 0.29) is 16.6 Å². The standard InChI is InChI=1S/C27H25FN2O3/c28-23-4-2-1-3-19(23)12-22-24(31)29-26(33)30(25(22)32)21-7-5-20(6-8-21)27-13-16-9-17(14-27)11-18(10-16)15-27/h1-8,12,16-18H,9-11,13-15H2,(H,29,31,33)/b22-12+. The molecule has 33 heavy (non-hydrogen) atoms. The van der Waals surface area contributed by atoms with E-state index in [1.165, 1.54) is 68.4 Å². The number of benzene rings is 2. The van der Waals surface area contributed by atoms with Gasteiger partial charge < -0.3 is 0 Å². The van der Waals surface area contributed by atoms with Gasteiger partial charge in [0.1, 0.15) is 11.4 Å². The van der Waals surface area contributed by atoms with Crippen LogP contribution in [0.2, 0.25) is 0 Å². The molecular formula is C27H25FN2O3. The molecule has 168 valence electrons. The van der Waals surface area contributed by atoms with E-state index >= 15 is 0 Å². The molecule has 0 radical (unpaired) electrons. The van der Waals surface area contributed by atoms with Crippen LogP contribution in [0.5, 0.6) is 0 Å². The second kappa shape index (κ2) is 7.37. The zero-order valence-corrected chi connectivity index (χ0v) is 18.2. The number of nitrogens with one attached hydrogen (secondary N) is 1. The fourth-order valence-electron chi connectivity index (χ4n) is 7.07. The highest BCUT2D eigenvalue weighted by Crippen LogP contribution is 2.60. The van der Waals surface area contributed by atoms with Gasteiger partial charge in [0.05, 0.1) is 5.69 Å². The van der Waals surface area contributed by atoms with Crippen molar-refractivity contribution >= 4 is 29.6 Å². The summed E-state index contributed by atoms with van der Waals surface area (Å²) in [5, 5.41) is 2.21. The highest BCUT2D eigenvalue weighted by Gasteiger charge is 2.51. The zero-order chi connectivity index (χ0) is 22.7. The molecule has 0 spiro atoms. The Hall–Kier alpha value is -3.28. The molecule has 5 fully saturated rings. The van der Waals surface area contributed by atoms with Gasteiger partial charge in [0.2, 0.25) is 0 Å². The van der Waals surface area contributed by atoms with Crippen molar-refractivity contribution in [3.63, 3.8) is 0 Å². The smallest absolute Gasteiger partial charge is 0.273 e. The van der Waals surface area contributed by atoms with Crippen LogP contribution in [-0.2, 0) is 15.0 Å². The molecule has 2 aromatic rings. The zero-order valence-electron chi connectivity index (χ0n) is 18.2. The van der Waals surface area contributed by atoms with Crippen molar-refractivity contribution in [1.29, 1.82) is 0 Å². The van der Waals surface area contributed by atoms with Gasteiger partial charge in [0.15, 0.2) is 0 Å². The molecule has 1 N–H and O–H groups in total. The number of nitrogens with zero attached hydrogens (tertiary/aromatic N) is 1. The third-order valence-electron chi connectivity index (χ3n) is 8.08. The van der Waals surface area contributed by atoms with Crippen LogP contribution in [0.3, 0.4) is 0 Å². The minimum atomic E-state index is -0.824. The van der Waals surface area contributed by atoms with Crippen LogP contribution in [0.25, 0.3) is 6.08 Å². The maximum Gasteiger partial charge on any atom is 0.335 e. The number of carbonyl (C=O) groups excluding carboxylic acids is 3. The summed E-state index contributed by atoms with van der Waals surface area (Å²) in [6.07, 6.45) is 8.97. The molecule has 4 saturated carbocycles. The first-order valence-electron chi connectivity index (χ1n) is 11.7. The lowest BCUT2D eigenvalue weighted by atomic mass is 9.48. The van der Waals surface area contributed by atoms with Crippen molar-refractivity contribution in [1.82, 2.24) is 5.32 Å². The van der Waals surface area contributed by atoms with E-state index < -0.39 is 23.7 Å². The Bertz CT molecular complexity index is 1160. The Morgan fingerprint density at radius 1 is 0.879 bits per heavy atom. The van der Waals surface area contributed by atoms with E-state index in [0.717, 1.165) is 22.7 Å². The number of urea groups is 1. The summed E-state index contributed by atoms with van der Waals surface area (Å²) >= 11 is 0. The van der Waals surface area contributed by atoms with Crippen LogP contribution in [-0.4, -0.2) is 17.8 Å². The molecule has 1 saturated heterocycles. The van der Waals surface area contributed by atoms with Crippen LogP contribution in [0.15, 0.2) is 54.1 Å². The molecule has 4 amide bonds. The third kappa shape index (κ3) is 3.31. The van der Waals surface area contributed by atoms with E-state index in [1.807, 2.05) is 12.1 Å². The molecule has 4 bridgehead atoms. The number of barbiturate groups is 1. The molecule has 0 atom stereocenters. The van der Waals surface area contributed by atoms with Gasteiger partial charge in [-0.25, -0.2) is 14.1 Å². The highest BCUT2D eigenvalue weighted by molar-refractivity contribution is 6.39. The lowest BCUT2D eigenvalue weighted by molar-refractivity contribution is -0.122. The molecule has 5 nitrogen and oxygen atoms in total. The van der Waals surface area contributed by atoms with E-state index in [1.54, 1.807) is 18.2 Å². The largest absolute Gasteiger partial charge is 0.335 e. The summed E-state index contributed by atoms with van der Waals surface area (Å²) in [4.78, 5) is 39.0. The van der Waals surface area contributed by atoms with Crippen LogP contribution in [0.1, 0.15) is 49.7 Å². The lowest BCUT2D eigenvalue weighted by Gasteiger charge is -2.57. The van der Waals surface area contributed by atoms with E-state index in [0.29, 0.717) is 5.69 Å². The summed E-state index contributed by atoms with van der Waals surface area (Å²) in [5.74, 6) is 0.339. The number of halogens is 1. The topological polar surface area (TPSA) is 66.5 Å². The van der Waals surface area contributed by atoms with Crippen molar-refractivity contribution in [2.24, 2.45) is 17.8 Å². The fourth-order valence-corrected chi connectivity index (χ4v) is 7.07. The monoisotopic (exact) mass is 444 g/mol. The van der Waals surface area contributed by atoms with Crippen LogP contribution < -0.4 is 10.2 Å². The number of carbonyl (C=O) groups is 3. The molecule has 6 heteroatoms. The highest BCUT2D eigenvalue weighted by atomic mass is 19.1. The Balaban J connectivity index is 1.30. The quantitative estimate of drug-likeness (QED) is 0.538. The molecule has 0 unspecified atom stereocenters. The first kappa shape index (κ1) is 20.3. The van der Waals surface area contributed by atoms with E-state index in [9.17, 15) is 18.8 Å². The summed E-state index contributed by atoms with van der Waals surface area (Å²) < 4.78 is 14.1. The average molecular weight is 445 g/mol. The van der Waals surface area contributed by atoms with Gasteiger partial charge in [-0.1, -0.05) is 30.3 Å². The number of amides is 4. The third-order valence-corrected chi connectivity index (χ3v) is 8.08. The Morgan fingerprint density at radius 3 is 2.09 bits per heavy atom. The van der Waals surface area contributed by atoms with Crippen molar-refractivity contribution in [2.75, 3.05) is 4.90 Å².